The third-order valence-corrected chi connectivity index (χ3v) is 6.02. The molecule has 1 aromatic heterocycles. The number of hydrogen-bond acceptors (Lipinski definition) is 7. The summed E-state index contributed by atoms with van der Waals surface area (Å²) in [4.78, 5) is 80.7. The number of carboxylic acids is 1. The number of nitrogens with zero attached hydrogens (tertiary/aromatic N) is 4. The SMILES string of the molecule is CC(=O)N([C@H](C=O)CC(=O)O)N1C(=O)[C@@H](NC(=O)c2nccc3ccccc23)CN(C=O)c2ccccc21. The number of carbonyl (C=O) groups excluding carboxylic acids is 5. The normalized spacial score (nSPS) is 15.7. The molecule has 38 heavy (non-hydrogen) atoms. The van der Waals surface area contributed by atoms with Crippen LogP contribution in [0, 0.1) is 0 Å². The zero-order valence-corrected chi connectivity index (χ0v) is 20.2. The topological polar surface area (TPSA) is 157 Å². The van der Waals surface area contributed by atoms with E-state index in [1.165, 1.54) is 23.2 Å². The van der Waals surface area contributed by atoms with E-state index in [4.69, 9.17) is 0 Å². The fourth-order valence-electron chi connectivity index (χ4n) is 4.38. The number of aromatic nitrogens is 1. The molecule has 0 aliphatic carbocycles. The highest BCUT2D eigenvalue weighted by molar-refractivity contribution is 6.10. The highest BCUT2D eigenvalue weighted by Crippen LogP contribution is 2.34. The molecule has 0 fully saturated rings. The van der Waals surface area contributed by atoms with Crippen LogP contribution in [0.15, 0.2) is 60.8 Å². The molecule has 12 heteroatoms. The van der Waals surface area contributed by atoms with Gasteiger partial charge >= 0.3 is 5.97 Å². The first-order valence-electron chi connectivity index (χ1n) is 11.5. The molecule has 0 saturated heterocycles. The van der Waals surface area contributed by atoms with E-state index < -0.39 is 42.2 Å². The van der Waals surface area contributed by atoms with Gasteiger partial charge in [0.05, 0.1) is 24.3 Å². The van der Waals surface area contributed by atoms with Gasteiger partial charge in [-0.25, -0.2) is 10.0 Å². The average molecular weight is 517 g/mol. The van der Waals surface area contributed by atoms with Crippen molar-refractivity contribution >= 4 is 58.5 Å². The van der Waals surface area contributed by atoms with Crippen LogP contribution in [0.1, 0.15) is 23.8 Å². The molecule has 194 valence electrons. The van der Waals surface area contributed by atoms with Crippen LogP contribution in [0.4, 0.5) is 11.4 Å². The lowest BCUT2D eigenvalue weighted by Crippen LogP contribution is -2.60. The second kappa shape index (κ2) is 10.9. The van der Waals surface area contributed by atoms with Crippen molar-refractivity contribution < 1.29 is 33.9 Å². The molecular weight excluding hydrogens is 494 g/mol. The van der Waals surface area contributed by atoms with E-state index >= 15 is 0 Å². The highest BCUT2D eigenvalue weighted by atomic mass is 16.4. The van der Waals surface area contributed by atoms with Gasteiger partial charge in [-0.1, -0.05) is 36.4 Å². The predicted octanol–water partition coefficient (Wildman–Crippen LogP) is 1.15. The largest absolute Gasteiger partial charge is 0.481 e. The number of aldehydes is 1. The zero-order valence-electron chi connectivity index (χ0n) is 20.2. The summed E-state index contributed by atoms with van der Waals surface area (Å²) >= 11 is 0. The lowest BCUT2D eigenvalue weighted by Gasteiger charge is -2.38. The smallest absolute Gasteiger partial charge is 0.305 e. The Labute approximate surface area is 216 Å². The number of amides is 4. The molecule has 0 bridgehead atoms. The van der Waals surface area contributed by atoms with Crippen LogP contribution < -0.4 is 15.2 Å². The Bertz CT molecular complexity index is 1440. The van der Waals surface area contributed by atoms with Gasteiger partial charge in [0.1, 0.15) is 24.1 Å². The van der Waals surface area contributed by atoms with Crippen molar-refractivity contribution in [2.24, 2.45) is 0 Å². The van der Waals surface area contributed by atoms with Crippen LogP contribution in [0.25, 0.3) is 10.8 Å². The second-order valence-corrected chi connectivity index (χ2v) is 8.47. The maximum Gasteiger partial charge on any atom is 0.305 e. The summed E-state index contributed by atoms with van der Waals surface area (Å²) in [7, 11) is 0. The molecule has 0 radical (unpaired) electrons. The molecule has 1 aliphatic rings. The molecule has 0 spiro atoms. The maximum absolute atomic E-state index is 13.9. The number of hydrazine groups is 1. The summed E-state index contributed by atoms with van der Waals surface area (Å²) in [6, 6.07) is 11.9. The molecule has 12 nitrogen and oxygen atoms in total. The fourth-order valence-corrected chi connectivity index (χ4v) is 4.38. The van der Waals surface area contributed by atoms with Crippen LogP contribution >= 0.6 is 0 Å². The molecule has 3 aromatic rings. The third-order valence-electron chi connectivity index (χ3n) is 6.02. The highest BCUT2D eigenvalue weighted by Gasteiger charge is 2.41. The molecule has 4 amide bonds. The van der Waals surface area contributed by atoms with Gasteiger partial charge in [-0.05, 0) is 23.6 Å². The Kier molecular flexibility index (Phi) is 7.42. The number of para-hydroxylation sites is 2. The van der Waals surface area contributed by atoms with Gasteiger partial charge in [-0.15, -0.1) is 0 Å². The second-order valence-electron chi connectivity index (χ2n) is 8.47. The van der Waals surface area contributed by atoms with Crippen molar-refractivity contribution in [3.8, 4) is 0 Å². The molecule has 2 N–H and O–H groups in total. The molecular formula is C26H23N5O7. The Hall–Kier alpha value is -5.13. The minimum atomic E-state index is -1.54. The quantitative estimate of drug-likeness (QED) is 0.421. The number of carboxylic acid groups (broad SMARTS) is 1. The fraction of sp³-hybridized carbons (Fsp3) is 0.192. The summed E-state index contributed by atoms with van der Waals surface area (Å²) in [6.45, 7) is 0.771. The van der Waals surface area contributed by atoms with E-state index in [9.17, 15) is 33.9 Å². The molecule has 1 aliphatic heterocycles. The monoisotopic (exact) mass is 517 g/mol. The van der Waals surface area contributed by atoms with Gasteiger partial charge in [-0.2, -0.15) is 0 Å². The van der Waals surface area contributed by atoms with E-state index in [-0.39, 0.29) is 29.9 Å². The lowest BCUT2D eigenvalue weighted by molar-refractivity contribution is -0.145. The zero-order chi connectivity index (χ0) is 27.4. The van der Waals surface area contributed by atoms with E-state index in [0.29, 0.717) is 11.8 Å². The molecule has 4 rings (SSSR count). The van der Waals surface area contributed by atoms with E-state index in [0.717, 1.165) is 22.3 Å². The van der Waals surface area contributed by atoms with Gasteiger partial charge in [-0.3, -0.25) is 29.0 Å². The van der Waals surface area contributed by atoms with Crippen molar-refractivity contribution in [2.75, 3.05) is 16.5 Å². The van der Waals surface area contributed by atoms with E-state index in [1.54, 1.807) is 42.5 Å². The number of fused-ring (bicyclic) bond motifs is 2. The number of pyridine rings is 1. The summed E-state index contributed by atoms with van der Waals surface area (Å²) in [5, 5.41) is 14.8. The molecule has 0 unspecified atom stereocenters. The Morgan fingerprint density at radius 1 is 1.11 bits per heavy atom. The number of carbonyl (C=O) groups is 6. The Morgan fingerprint density at radius 3 is 2.45 bits per heavy atom. The average Bonchev–Trinajstić information content (AvgIpc) is 3.02. The van der Waals surface area contributed by atoms with Crippen LogP contribution in [0.3, 0.4) is 0 Å². The van der Waals surface area contributed by atoms with Crippen molar-refractivity contribution in [3.63, 3.8) is 0 Å². The Morgan fingerprint density at radius 2 is 1.79 bits per heavy atom. The van der Waals surface area contributed by atoms with E-state index in [2.05, 4.69) is 10.3 Å². The van der Waals surface area contributed by atoms with Gasteiger partial charge in [0.15, 0.2) is 0 Å². The minimum absolute atomic E-state index is 0.0435. The number of rotatable bonds is 8. The first-order chi connectivity index (χ1) is 18.3. The van der Waals surface area contributed by atoms with Crippen LogP contribution in [-0.4, -0.2) is 70.1 Å². The standard InChI is InChI=1S/C26H23N5O7/c1-16(34)30(18(14-32)12-23(35)36)31-22-9-5-4-8-21(22)29(15-33)13-20(26(31)38)28-25(37)24-19-7-3-2-6-17(19)10-11-27-24/h2-11,14-15,18,20H,12-13H2,1H3,(H,28,37)(H,35,36)/t18-,20-/m0/s1. The van der Waals surface area contributed by atoms with Crippen molar-refractivity contribution in [1.82, 2.24) is 15.3 Å². The first kappa shape index (κ1) is 25.9. The van der Waals surface area contributed by atoms with Crippen LogP contribution in [-0.2, 0) is 24.0 Å². The summed E-state index contributed by atoms with van der Waals surface area (Å²) in [5.74, 6) is -3.73. The number of aliphatic carboxylic acids is 1. The summed E-state index contributed by atoms with van der Waals surface area (Å²) in [6.07, 6.45) is 1.40. The van der Waals surface area contributed by atoms with Gasteiger partial charge in [0.2, 0.25) is 12.3 Å². The van der Waals surface area contributed by atoms with Crippen LogP contribution in [0.2, 0.25) is 0 Å². The van der Waals surface area contributed by atoms with Gasteiger partial charge < -0.3 is 20.1 Å². The molecule has 2 aromatic carbocycles. The molecule has 0 saturated carbocycles. The number of anilines is 2. The van der Waals surface area contributed by atoms with Crippen LogP contribution in [0.5, 0.6) is 0 Å². The van der Waals surface area contributed by atoms with Gasteiger partial charge in [0.25, 0.3) is 11.8 Å². The number of nitrogens with one attached hydrogen (secondary N) is 1. The van der Waals surface area contributed by atoms with E-state index in [1.807, 2.05) is 0 Å². The summed E-state index contributed by atoms with van der Waals surface area (Å²) in [5.41, 5.74) is 0.307. The van der Waals surface area contributed by atoms with Gasteiger partial charge in [0, 0.05) is 18.5 Å². The Balaban J connectivity index is 1.80. The first-order valence-corrected chi connectivity index (χ1v) is 11.5. The number of benzene rings is 2. The summed E-state index contributed by atoms with van der Waals surface area (Å²) < 4.78 is 0. The maximum atomic E-state index is 13.9. The molecule has 2 atom stereocenters. The molecule has 2 heterocycles. The van der Waals surface area contributed by atoms with Crippen molar-refractivity contribution in [3.05, 3.63) is 66.5 Å². The lowest BCUT2D eigenvalue weighted by atomic mass is 10.1. The number of hydrogen-bond donors (Lipinski definition) is 2. The van der Waals surface area contributed by atoms with Crippen molar-refractivity contribution in [1.29, 1.82) is 0 Å². The minimum Gasteiger partial charge on any atom is -0.481 e. The predicted molar refractivity (Wildman–Crippen MR) is 135 cm³/mol. The third kappa shape index (κ3) is 4.91. The van der Waals surface area contributed by atoms with Crippen molar-refractivity contribution in [2.45, 2.75) is 25.4 Å².